The Labute approximate surface area is 148 Å². The van der Waals surface area contributed by atoms with Crippen LogP contribution in [0.1, 0.15) is 10.6 Å². The number of halogens is 1. The van der Waals surface area contributed by atoms with Gasteiger partial charge in [-0.05, 0) is 48.9 Å². The molecular formula is C17H15ClN2O3S. The van der Waals surface area contributed by atoms with Crippen LogP contribution in [0.4, 0.5) is 10.5 Å². The van der Waals surface area contributed by atoms with Gasteiger partial charge in [0.15, 0.2) is 0 Å². The monoisotopic (exact) mass is 362 g/mol. The summed E-state index contributed by atoms with van der Waals surface area (Å²) in [7, 11) is 1.33. The number of rotatable bonds is 4. The number of aryl methyl sites for hydroxylation is 1. The molecule has 1 amide bonds. The van der Waals surface area contributed by atoms with Gasteiger partial charge in [0.2, 0.25) is 0 Å². The zero-order chi connectivity index (χ0) is 17.1. The molecule has 1 heterocycles. The maximum absolute atomic E-state index is 11.3. The van der Waals surface area contributed by atoms with Gasteiger partial charge in [-0.2, -0.15) is 0 Å². The summed E-state index contributed by atoms with van der Waals surface area (Å²) in [5.74, 6) is 0.709. The highest BCUT2D eigenvalue weighted by Gasteiger charge is 2.08. The fraction of sp³-hybridized carbons (Fsp3) is 0.176. The number of carbonyl (C=O) groups excluding carboxylic acids is 1. The van der Waals surface area contributed by atoms with Crippen molar-refractivity contribution in [2.75, 3.05) is 12.4 Å². The van der Waals surface area contributed by atoms with Crippen molar-refractivity contribution in [2.45, 2.75) is 13.5 Å². The molecule has 0 saturated carbocycles. The maximum Gasteiger partial charge on any atom is 0.411 e. The lowest BCUT2D eigenvalue weighted by Crippen LogP contribution is -2.11. The van der Waals surface area contributed by atoms with E-state index in [0.29, 0.717) is 23.1 Å². The Hall–Kier alpha value is -2.31. The van der Waals surface area contributed by atoms with Crippen LogP contribution >= 0.6 is 22.9 Å². The van der Waals surface area contributed by atoms with Crippen molar-refractivity contribution >= 4 is 44.9 Å². The second kappa shape index (κ2) is 7.07. The normalized spacial score (nSPS) is 10.6. The number of anilines is 1. The summed E-state index contributed by atoms with van der Waals surface area (Å²) in [6, 6.07) is 11.0. The molecule has 1 N–H and O–H groups in total. The molecule has 2 aromatic carbocycles. The highest BCUT2D eigenvalue weighted by atomic mass is 35.5. The zero-order valence-corrected chi connectivity index (χ0v) is 14.7. The number of aromatic nitrogens is 1. The summed E-state index contributed by atoms with van der Waals surface area (Å²) in [4.78, 5) is 15.8. The number of carbonyl (C=O) groups is 1. The number of thiazole rings is 1. The van der Waals surface area contributed by atoms with Crippen LogP contribution in [0.2, 0.25) is 5.02 Å². The smallest absolute Gasteiger partial charge is 0.411 e. The molecule has 0 aliphatic carbocycles. The Kier molecular flexibility index (Phi) is 4.87. The van der Waals surface area contributed by atoms with Gasteiger partial charge >= 0.3 is 6.09 Å². The summed E-state index contributed by atoms with van der Waals surface area (Å²) in [6.45, 7) is 2.26. The van der Waals surface area contributed by atoms with Crippen molar-refractivity contribution in [3.05, 3.63) is 52.0 Å². The fourth-order valence-corrected chi connectivity index (χ4v) is 3.34. The van der Waals surface area contributed by atoms with Crippen LogP contribution < -0.4 is 10.1 Å². The largest absolute Gasteiger partial charge is 0.486 e. The summed E-state index contributed by atoms with van der Waals surface area (Å²) in [5, 5.41) is 4.22. The molecule has 3 aromatic rings. The van der Waals surface area contributed by atoms with E-state index < -0.39 is 6.09 Å². The summed E-state index contributed by atoms with van der Waals surface area (Å²) in [5.41, 5.74) is 2.48. The highest BCUT2D eigenvalue weighted by molar-refractivity contribution is 7.18. The van der Waals surface area contributed by atoms with Crippen LogP contribution in [0.25, 0.3) is 10.2 Å². The van der Waals surface area contributed by atoms with Gasteiger partial charge in [0, 0.05) is 10.7 Å². The number of amides is 1. The van der Waals surface area contributed by atoms with E-state index in [9.17, 15) is 4.79 Å². The topological polar surface area (TPSA) is 60.5 Å². The van der Waals surface area contributed by atoms with E-state index in [1.807, 2.05) is 31.2 Å². The Morgan fingerprint density at radius 1 is 1.29 bits per heavy atom. The number of fused-ring (bicyclic) bond motifs is 1. The number of methoxy groups -OCH3 is 1. The molecule has 7 heteroatoms. The van der Waals surface area contributed by atoms with E-state index in [4.69, 9.17) is 16.3 Å². The number of benzene rings is 2. The quantitative estimate of drug-likeness (QED) is 0.708. The summed E-state index contributed by atoms with van der Waals surface area (Å²) >= 11 is 7.54. The SMILES string of the molecule is COC(=O)Nc1ccc(OCc2nc3ccc(Cl)cc3s2)cc1C. The molecule has 1 aromatic heterocycles. The third kappa shape index (κ3) is 3.77. The predicted octanol–water partition coefficient (Wildman–Crippen LogP) is 5.02. The van der Waals surface area contributed by atoms with Crippen LogP contribution in [0.3, 0.4) is 0 Å². The average molecular weight is 363 g/mol. The fourth-order valence-electron chi connectivity index (χ4n) is 2.18. The molecule has 0 radical (unpaired) electrons. The van der Waals surface area contributed by atoms with Crippen molar-refractivity contribution in [3.63, 3.8) is 0 Å². The summed E-state index contributed by atoms with van der Waals surface area (Å²) in [6.07, 6.45) is -0.500. The first-order chi connectivity index (χ1) is 11.5. The van der Waals surface area contributed by atoms with E-state index >= 15 is 0 Å². The number of hydrogen-bond acceptors (Lipinski definition) is 5. The summed E-state index contributed by atoms with van der Waals surface area (Å²) < 4.78 is 11.4. The zero-order valence-electron chi connectivity index (χ0n) is 13.1. The van der Waals surface area contributed by atoms with E-state index in [1.54, 1.807) is 23.5 Å². The minimum Gasteiger partial charge on any atom is -0.486 e. The first kappa shape index (κ1) is 16.5. The van der Waals surface area contributed by atoms with Gasteiger partial charge in [-0.1, -0.05) is 11.6 Å². The highest BCUT2D eigenvalue weighted by Crippen LogP contribution is 2.27. The molecule has 0 saturated heterocycles. The second-order valence-electron chi connectivity index (χ2n) is 5.10. The number of nitrogens with zero attached hydrogens (tertiary/aromatic N) is 1. The Balaban J connectivity index is 1.69. The van der Waals surface area contributed by atoms with Crippen LogP contribution in [0.15, 0.2) is 36.4 Å². The molecule has 5 nitrogen and oxygen atoms in total. The molecule has 0 unspecified atom stereocenters. The van der Waals surface area contributed by atoms with Gasteiger partial charge in [-0.25, -0.2) is 9.78 Å². The van der Waals surface area contributed by atoms with Crippen LogP contribution in [-0.4, -0.2) is 18.2 Å². The van der Waals surface area contributed by atoms with Gasteiger partial charge in [0.05, 0.1) is 17.3 Å². The van der Waals surface area contributed by atoms with E-state index in [1.165, 1.54) is 7.11 Å². The van der Waals surface area contributed by atoms with Crippen LogP contribution in [0, 0.1) is 6.92 Å². The number of nitrogens with one attached hydrogen (secondary N) is 1. The lowest BCUT2D eigenvalue weighted by Gasteiger charge is -2.10. The molecule has 124 valence electrons. The van der Waals surface area contributed by atoms with Gasteiger partial charge in [-0.15, -0.1) is 11.3 Å². The molecular weight excluding hydrogens is 348 g/mol. The lowest BCUT2D eigenvalue weighted by atomic mass is 10.2. The van der Waals surface area contributed by atoms with Crippen molar-refractivity contribution in [1.29, 1.82) is 0 Å². The van der Waals surface area contributed by atoms with Crippen molar-refractivity contribution in [2.24, 2.45) is 0 Å². The first-order valence-corrected chi connectivity index (χ1v) is 8.38. The molecule has 3 rings (SSSR count). The van der Waals surface area contributed by atoms with E-state index in [2.05, 4.69) is 15.0 Å². The molecule has 0 spiro atoms. The standard InChI is InChI=1S/C17H15ClN2O3S/c1-10-7-12(4-6-13(10)20-17(21)22-2)23-9-16-19-14-5-3-11(18)8-15(14)24-16/h3-8H,9H2,1-2H3,(H,20,21). The second-order valence-corrected chi connectivity index (χ2v) is 6.65. The Bertz CT molecular complexity index is 895. The third-order valence-corrected chi connectivity index (χ3v) is 4.60. The Morgan fingerprint density at radius 3 is 2.88 bits per heavy atom. The lowest BCUT2D eigenvalue weighted by molar-refractivity contribution is 0.187. The van der Waals surface area contributed by atoms with Crippen molar-refractivity contribution in [3.8, 4) is 5.75 Å². The first-order valence-electron chi connectivity index (χ1n) is 7.18. The minimum atomic E-state index is -0.500. The minimum absolute atomic E-state index is 0.375. The van der Waals surface area contributed by atoms with Gasteiger partial charge in [-0.3, -0.25) is 5.32 Å². The third-order valence-electron chi connectivity index (χ3n) is 3.38. The number of ether oxygens (including phenoxy) is 2. The molecule has 0 fully saturated rings. The average Bonchev–Trinajstić information content (AvgIpc) is 2.97. The molecule has 24 heavy (non-hydrogen) atoms. The van der Waals surface area contributed by atoms with Gasteiger partial charge < -0.3 is 9.47 Å². The van der Waals surface area contributed by atoms with E-state index in [-0.39, 0.29) is 0 Å². The van der Waals surface area contributed by atoms with Gasteiger partial charge in [0.25, 0.3) is 0 Å². The van der Waals surface area contributed by atoms with Crippen molar-refractivity contribution in [1.82, 2.24) is 4.98 Å². The van der Waals surface area contributed by atoms with Crippen LogP contribution in [-0.2, 0) is 11.3 Å². The molecule has 0 aliphatic rings. The van der Waals surface area contributed by atoms with Crippen molar-refractivity contribution < 1.29 is 14.3 Å². The predicted molar refractivity (Wildman–Crippen MR) is 96.2 cm³/mol. The maximum atomic E-state index is 11.3. The Morgan fingerprint density at radius 2 is 2.12 bits per heavy atom. The van der Waals surface area contributed by atoms with Crippen LogP contribution in [0.5, 0.6) is 5.75 Å². The van der Waals surface area contributed by atoms with Gasteiger partial charge in [0.1, 0.15) is 17.4 Å². The molecule has 0 bridgehead atoms. The molecule has 0 aliphatic heterocycles. The molecule has 0 atom stereocenters. The number of hydrogen-bond donors (Lipinski definition) is 1. The van der Waals surface area contributed by atoms with E-state index in [0.717, 1.165) is 20.8 Å².